The molecule has 1 fully saturated rings. The largest absolute Gasteiger partial charge is 0.484 e. The van der Waals surface area contributed by atoms with E-state index in [0.717, 1.165) is 4.47 Å². The van der Waals surface area contributed by atoms with Gasteiger partial charge >= 0.3 is 0 Å². The highest BCUT2D eigenvalue weighted by atomic mass is 79.9. The number of hydrogen-bond donors (Lipinski definition) is 5. The van der Waals surface area contributed by atoms with Gasteiger partial charge in [0.05, 0.1) is 12.9 Å². The molecule has 4 atom stereocenters. The van der Waals surface area contributed by atoms with Gasteiger partial charge in [0.25, 0.3) is 11.5 Å². The van der Waals surface area contributed by atoms with E-state index in [9.17, 15) is 24.9 Å². The van der Waals surface area contributed by atoms with Crippen molar-refractivity contribution in [1.82, 2.24) is 19.5 Å². The summed E-state index contributed by atoms with van der Waals surface area (Å²) in [6, 6.07) is 6.89. The van der Waals surface area contributed by atoms with Crippen molar-refractivity contribution >= 4 is 38.9 Å². The molecule has 0 saturated carbocycles. The van der Waals surface area contributed by atoms with Gasteiger partial charge in [-0.1, -0.05) is 15.9 Å². The van der Waals surface area contributed by atoms with Crippen LogP contribution in [0.2, 0.25) is 0 Å². The Hall–Kier alpha value is -2.84. The Balaban J connectivity index is 1.53. The highest BCUT2D eigenvalue weighted by Gasteiger charge is 2.44. The van der Waals surface area contributed by atoms with E-state index in [1.165, 1.54) is 10.9 Å². The number of carbonyl (C=O) groups is 1. The van der Waals surface area contributed by atoms with Crippen LogP contribution in [0, 0.1) is 0 Å². The standard InChI is InChI=1S/C18H18BrN5O7/c19-8-1-3-9(4-2-8)30-6-11(26)21-18-22-15-12(16(29)23-18)20-7-24(15)17-14(28)13(27)10(5-25)31-17/h1-4,7,10,13-14,17,25,27-28H,5-6H2,(H2,21,22,23,26,29)/t10-,13+,14+,17-/m1/s1. The molecule has 0 unspecified atom stereocenters. The van der Waals surface area contributed by atoms with Crippen LogP contribution in [-0.2, 0) is 9.53 Å². The topological polar surface area (TPSA) is 172 Å². The molecule has 1 aliphatic heterocycles. The highest BCUT2D eigenvalue weighted by molar-refractivity contribution is 9.10. The van der Waals surface area contributed by atoms with Gasteiger partial charge in [0, 0.05) is 4.47 Å². The van der Waals surface area contributed by atoms with Crippen LogP contribution in [0.25, 0.3) is 11.2 Å². The minimum Gasteiger partial charge on any atom is -0.484 e. The van der Waals surface area contributed by atoms with E-state index < -0.39 is 42.6 Å². The summed E-state index contributed by atoms with van der Waals surface area (Å²) in [6.45, 7) is -0.827. The monoisotopic (exact) mass is 495 g/mol. The van der Waals surface area contributed by atoms with Crippen LogP contribution in [0.1, 0.15) is 6.23 Å². The fourth-order valence-electron chi connectivity index (χ4n) is 3.13. The van der Waals surface area contributed by atoms with Crippen LogP contribution in [0.3, 0.4) is 0 Å². The Kier molecular flexibility index (Phi) is 6.02. The van der Waals surface area contributed by atoms with Crippen molar-refractivity contribution in [1.29, 1.82) is 0 Å². The van der Waals surface area contributed by atoms with Crippen LogP contribution >= 0.6 is 15.9 Å². The average molecular weight is 496 g/mol. The summed E-state index contributed by atoms with van der Waals surface area (Å²) in [6.07, 6.45) is -3.63. The second kappa shape index (κ2) is 8.72. The maximum atomic E-state index is 12.3. The number of anilines is 1. The van der Waals surface area contributed by atoms with Crippen LogP contribution in [0.5, 0.6) is 5.75 Å². The first-order chi connectivity index (χ1) is 14.9. The number of amides is 1. The molecule has 0 aliphatic carbocycles. The van der Waals surface area contributed by atoms with E-state index in [2.05, 4.69) is 36.2 Å². The number of aromatic amines is 1. The molecule has 1 saturated heterocycles. The Bertz CT molecular complexity index is 1150. The molecule has 3 aromatic rings. The first-order valence-electron chi connectivity index (χ1n) is 9.15. The molecule has 164 valence electrons. The molecule has 13 heteroatoms. The third-order valence-electron chi connectivity index (χ3n) is 4.67. The minimum absolute atomic E-state index is 0.0164. The average Bonchev–Trinajstić information content (AvgIpc) is 3.29. The summed E-state index contributed by atoms with van der Waals surface area (Å²) >= 11 is 3.30. The third-order valence-corrected chi connectivity index (χ3v) is 5.19. The van der Waals surface area contributed by atoms with Gasteiger partial charge < -0.3 is 24.8 Å². The molecule has 1 aliphatic rings. The number of hydrogen-bond acceptors (Lipinski definition) is 9. The number of imidazole rings is 1. The Morgan fingerprint density at radius 2 is 2.03 bits per heavy atom. The summed E-state index contributed by atoms with van der Waals surface area (Å²) < 4.78 is 13.0. The zero-order chi connectivity index (χ0) is 22.1. The van der Waals surface area contributed by atoms with Gasteiger partial charge in [0.15, 0.2) is 24.0 Å². The van der Waals surface area contributed by atoms with Crippen molar-refractivity contribution in [2.75, 3.05) is 18.5 Å². The fraction of sp³-hybridized carbons (Fsp3) is 0.333. The molecule has 4 rings (SSSR count). The number of benzene rings is 1. The lowest BCUT2D eigenvalue weighted by Gasteiger charge is -2.16. The van der Waals surface area contributed by atoms with Crippen LogP contribution < -0.4 is 15.6 Å². The second-order valence-electron chi connectivity index (χ2n) is 6.76. The predicted octanol–water partition coefficient (Wildman–Crippen LogP) is -0.489. The molecule has 0 radical (unpaired) electrons. The predicted molar refractivity (Wildman–Crippen MR) is 109 cm³/mol. The van der Waals surface area contributed by atoms with E-state index in [0.29, 0.717) is 5.75 Å². The summed E-state index contributed by atoms with van der Waals surface area (Å²) in [5.41, 5.74) is -0.663. The normalized spacial score (nSPS) is 23.2. The fourth-order valence-corrected chi connectivity index (χ4v) is 3.39. The molecule has 2 aromatic heterocycles. The zero-order valence-electron chi connectivity index (χ0n) is 15.8. The number of ether oxygens (including phenoxy) is 2. The molecule has 1 amide bonds. The molecule has 1 aromatic carbocycles. The molecule has 0 spiro atoms. The van der Waals surface area contributed by atoms with E-state index >= 15 is 0 Å². The smallest absolute Gasteiger partial charge is 0.280 e. The molecular formula is C18H18BrN5O7. The highest BCUT2D eigenvalue weighted by Crippen LogP contribution is 2.30. The van der Waals surface area contributed by atoms with Crippen molar-refractivity contribution in [3.05, 3.63) is 45.4 Å². The van der Waals surface area contributed by atoms with Crippen molar-refractivity contribution in [3.8, 4) is 5.75 Å². The minimum atomic E-state index is -1.38. The maximum absolute atomic E-state index is 12.3. The summed E-state index contributed by atoms with van der Waals surface area (Å²) in [4.78, 5) is 35.1. The number of halogens is 1. The lowest BCUT2D eigenvalue weighted by Crippen LogP contribution is -2.33. The van der Waals surface area contributed by atoms with Crippen LogP contribution in [-0.4, -0.2) is 72.3 Å². The summed E-state index contributed by atoms with van der Waals surface area (Å²) in [5, 5.41) is 31.9. The Morgan fingerprint density at radius 3 is 2.71 bits per heavy atom. The Labute approximate surface area is 182 Å². The summed E-state index contributed by atoms with van der Waals surface area (Å²) in [7, 11) is 0. The van der Waals surface area contributed by atoms with Crippen LogP contribution in [0.15, 0.2) is 39.9 Å². The van der Waals surface area contributed by atoms with Gasteiger partial charge in [-0.3, -0.25) is 24.5 Å². The number of rotatable bonds is 6. The number of aliphatic hydroxyl groups excluding tert-OH is 3. The SMILES string of the molecule is O=C(COc1ccc(Br)cc1)Nc1nc2c(ncn2[C@@H]2O[C@H](CO)[C@H](O)[C@@H]2O)c(=O)[nH]1. The number of nitrogens with one attached hydrogen (secondary N) is 2. The van der Waals surface area contributed by atoms with Crippen molar-refractivity contribution in [2.24, 2.45) is 0 Å². The van der Waals surface area contributed by atoms with Gasteiger partial charge in [-0.15, -0.1) is 0 Å². The first kappa shape index (κ1) is 21.4. The van der Waals surface area contributed by atoms with Gasteiger partial charge in [0.2, 0.25) is 5.95 Å². The van der Waals surface area contributed by atoms with Crippen molar-refractivity contribution in [3.63, 3.8) is 0 Å². The molecule has 5 N–H and O–H groups in total. The zero-order valence-corrected chi connectivity index (χ0v) is 17.4. The van der Waals surface area contributed by atoms with E-state index in [4.69, 9.17) is 9.47 Å². The first-order valence-corrected chi connectivity index (χ1v) is 9.94. The molecular weight excluding hydrogens is 478 g/mol. The second-order valence-corrected chi connectivity index (χ2v) is 7.67. The molecule has 0 bridgehead atoms. The summed E-state index contributed by atoms with van der Waals surface area (Å²) in [5.74, 6) is -0.238. The number of aromatic nitrogens is 4. The number of fused-ring (bicyclic) bond motifs is 1. The van der Waals surface area contributed by atoms with Gasteiger partial charge in [-0.05, 0) is 24.3 Å². The molecule has 3 heterocycles. The number of H-pyrrole nitrogens is 1. The van der Waals surface area contributed by atoms with Crippen molar-refractivity contribution in [2.45, 2.75) is 24.5 Å². The maximum Gasteiger partial charge on any atom is 0.280 e. The number of aliphatic hydroxyl groups is 3. The van der Waals surface area contributed by atoms with Crippen LogP contribution in [0.4, 0.5) is 5.95 Å². The van der Waals surface area contributed by atoms with E-state index in [-0.39, 0.29) is 23.7 Å². The molecule has 31 heavy (non-hydrogen) atoms. The van der Waals surface area contributed by atoms with Gasteiger partial charge in [-0.2, -0.15) is 4.98 Å². The van der Waals surface area contributed by atoms with Gasteiger partial charge in [-0.25, -0.2) is 4.98 Å². The third kappa shape index (κ3) is 4.31. The van der Waals surface area contributed by atoms with E-state index in [1.54, 1.807) is 24.3 Å². The number of carbonyl (C=O) groups excluding carboxylic acids is 1. The van der Waals surface area contributed by atoms with Crippen molar-refractivity contribution < 1.29 is 29.6 Å². The quantitative estimate of drug-likeness (QED) is 0.302. The molecule has 12 nitrogen and oxygen atoms in total. The van der Waals surface area contributed by atoms with Gasteiger partial charge in [0.1, 0.15) is 24.1 Å². The lowest BCUT2D eigenvalue weighted by molar-refractivity contribution is -0.118. The lowest BCUT2D eigenvalue weighted by atomic mass is 10.1. The number of nitrogens with zero attached hydrogens (tertiary/aromatic N) is 3. The van der Waals surface area contributed by atoms with E-state index in [1.807, 2.05) is 0 Å². The Morgan fingerprint density at radius 1 is 1.29 bits per heavy atom.